The van der Waals surface area contributed by atoms with Crippen molar-refractivity contribution in [1.82, 2.24) is 15.0 Å². The Morgan fingerprint density at radius 2 is 2.33 bits per heavy atom. The number of rotatable bonds is 3. The predicted molar refractivity (Wildman–Crippen MR) is 69.9 cm³/mol. The first-order chi connectivity index (χ1) is 8.70. The van der Waals surface area contributed by atoms with Crippen molar-refractivity contribution < 1.29 is 4.74 Å². The van der Waals surface area contributed by atoms with E-state index in [0.29, 0.717) is 18.9 Å². The number of aromatic nitrogens is 3. The minimum absolute atomic E-state index is 0.0338. The maximum absolute atomic E-state index is 11.0. The smallest absolute Gasteiger partial charge is 0.323 e. The van der Waals surface area contributed by atoms with Gasteiger partial charge in [-0.1, -0.05) is 0 Å². The van der Waals surface area contributed by atoms with Crippen LogP contribution < -0.4 is 5.69 Å². The highest BCUT2D eigenvalue weighted by molar-refractivity contribution is 9.10. The van der Waals surface area contributed by atoms with Crippen LogP contribution in [0.1, 0.15) is 11.4 Å². The van der Waals surface area contributed by atoms with Crippen molar-refractivity contribution in [2.45, 2.75) is 12.5 Å². The third kappa shape index (κ3) is 2.26. The largest absolute Gasteiger partial charge is 0.471 e. The Labute approximate surface area is 111 Å². The van der Waals surface area contributed by atoms with Crippen molar-refractivity contribution in [2.24, 2.45) is 4.99 Å². The summed E-state index contributed by atoms with van der Waals surface area (Å²) in [5.41, 5.74) is 1.48. The molecule has 3 N–H and O–H groups in total. The average molecular weight is 311 g/mol. The second kappa shape index (κ2) is 4.49. The van der Waals surface area contributed by atoms with Gasteiger partial charge in [0, 0.05) is 29.0 Å². The zero-order chi connectivity index (χ0) is 12.5. The number of nitrogens with zero attached hydrogens (tertiary/aromatic N) is 1. The van der Waals surface area contributed by atoms with E-state index in [1.807, 2.05) is 12.3 Å². The van der Waals surface area contributed by atoms with E-state index in [1.54, 1.807) is 6.20 Å². The molecule has 0 saturated carbocycles. The Balaban J connectivity index is 1.65. The van der Waals surface area contributed by atoms with E-state index >= 15 is 0 Å². The van der Waals surface area contributed by atoms with Crippen LogP contribution in [0.4, 0.5) is 0 Å². The lowest BCUT2D eigenvalue weighted by atomic mass is 10.2. The van der Waals surface area contributed by atoms with Crippen LogP contribution in [-0.4, -0.2) is 33.5 Å². The Hall–Kier alpha value is -1.76. The third-order valence-corrected chi connectivity index (χ3v) is 3.15. The van der Waals surface area contributed by atoms with Crippen molar-refractivity contribution in [3.63, 3.8) is 0 Å². The minimum Gasteiger partial charge on any atom is -0.471 e. The number of imidazole rings is 1. The monoisotopic (exact) mass is 310 g/mol. The molecule has 0 fully saturated rings. The average Bonchev–Trinajstić information content (AvgIpc) is 3.01. The number of H-pyrrole nitrogens is 3. The number of hydrogen-bond acceptors (Lipinski definition) is 3. The summed E-state index contributed by atoms with van der Waals surface area (Å²) in [4.78, 5) is 23.7. The molecule has 7 heteroatoms. The maximum Gasteiger partial charge on any atom is 0.323 e. The fourth-order valence-electron chi connectivity index (χ4n) is 1.89. The summed E-state index contributed by atoms with van der Waals surface area (Å²) in [6.07, 6.45) is 4.09. The van der Waals surface area contributed by atoms with Crippen LogP contribution in [0.3, 0.4) is 0 Å². The van der Waals surface area contributed by atoms with Gasteiger partial charge < -0.3 is 19.7 Å². The first-order valence-corrected chi connectivity index (χ1v) is 6.32. The number of ether oxygens (including phenoxy) is 1. The zero-order valence-electron chi connectivity index (χ0n) is 9.37. The number of aliphatic imine (C=N–C) groups is 1. The van der Waals surface area contributed by atoms with Crippen molar-refractivity contribution in [2.75, 3.05) is 6.54 Å². The second-order valence-corrected chi connectivity index (χ2v) is 5.01. The molecule has 0 aliphatic carbocycles. The molecule has 6 nitrogen and oxygen atoms in total. The topological polar surface area (TPSA) is 86.0 Å². The molecule has 0 bridgehead atoms. The fourth-order valence-corrected chi connectivity index (χ4v) is 2.23. The zero-order valence-corrected chi connectivity index (χ0v) is 11.0. The molecule has 0 radical (unpaired) electrons. The molecular formula is C11H11BrN4O2. The maximum atomic E-state index is 11.0. The van der Waals surface area contributed by atoms with Gasteiger partial charge in [0.15, 0.2) is 0 Å². The molecule has 3 rings (SSSR count). The molecule has 1 aliphatic rings. The lowest BCUT2D eigenvalue weighted by Crippen LogP contribution is -2.17. The van der Waals surface area contributed by atoms with Crippen LogP contribution in [0.5, 0.6) is 0 Å². The minimum atomic E-state index is -0.197. The molecule has 3 heterocycles. The Bertz CT molecular complexity index is 639. The SMILES string of the molecule is O=c1[nH]cc(CC2CN=C(c3cc(Br)c[nH]3)O2)[nH]1. The lowest BCUT2D eigenvalue weighted by molar-refractivity contribution is 0.223. The van der Waals surface area contributed by atoms with E-state index in [4.69, 9.17) is 4.74 Å². The molecule has 2 aromatic rings. The highest BCUT2D eigenvalue weighted by Crippen LogP contribution is 2.17. The second-order valence-electron chi connectivity index (χ2n) is 4.09. The Kier molecular flexibility index (Phi) is 2.83. The first-order valence-electron chi connectivity index (χ1n) is 5.52. The summed E-state index contributed by atoms with van der Waals surface area (Å²) in [5.74, 6) is 0.614. The molecule has 1 unspecified atom stereocenters. The van der Waals surface area contributed by atoms with Gasteiger partial charge in [-0.3, -0.25) is 0 Å². The number of nitrogens with one attached hydrogen (secondary N) is 3. The van der Waals surface area contributed by atoms with Crippen molar-refractivity contribution in [3.05, 3.63) is 44.8 Å². The van der Waals surface area contributed by atoms with Gasteiger partial charge >= 0.3 is 5.69 Å². The van der Waals surface area contributed by atoms with Crippen molar-refractivity contribution >= 4 is 21.8 Å². The van der Waals surface area contributed by atoms with Crippen molar-refractivity contribution in [3.8, 4) is 0 Å². The van der Waals surface area contributed by atoms with Crippen LogP contribution >= 0.6 is 15.9 Å². The third-order valence-electron chi connectivity index (χ3n) is 2.69. The number of hydrogen-bond donors (Lipinski definition) is 3. The molecule has 2 aromatic heterocycles. The van der Waals surface area contributed by atoms with E-state index in [2.05, 4.69) is 35.9 Å². The number of halogens is 1. The van der Waals surface area contributed by atoms with Gasteiger partial charge in [-0.05, 0) is 22.0 Å². The normalized spacial score (nSPS) is 18.7. The van der Waals surface area contributed by atoms with E-state index < -0.39 is 0 Å². The van der Waals surface area contributed by atoms with Gasteiger partial charge in [-0.25, -0.2) is 9.79 Å². The molecule has 0 aromatic carbocycles. The van der Waals surface area contributed by atoms with E-state index in [9.17, 15) is 4.79 Å². The Morgan fingerprint density at radius 1 is 1.44 bits per heavy atom. The predicted octanol–water partition coefficient (Wildman–Crippen LogP) is 1.18. The molecule has 0 spiro atoms. The van der Waals surface area contributed by atoms with Gasteiger partial charge in [0.25, 0.3) is 0 Å². The number of aromatic amines is 3. The molecule has 0 saturated heterocycles. The molecule has 18 heavy (non-hydrogen) atoms. The standard InChI is InChI=1S/C11H11BrN4O2/c12-6-1-9(13-3-6)10-14-5-8(18-10)2-7-4-15-11(17)16-7/h1,3-4,8,13H,2,5H2,(H2,15,16,17). The van der Waals surface area contributed by atoms with Crippen LogP contribution in [0.2, 0.25) is 0 Å². The first kappa shape index (κ1) is 11.3. The molecule has 1 aliphatic heterocycles. The highest BCUT2D eigenvalue weighted by Gasteiger charge is 2.22. The lowest BCUT2D eigenvalue weighted by Gasteiger charge is -2.08. The van der Waals surface area contributed by atoms with Gasteiger partial charge in [-0.15, -0.1) is 0 Å². The van der Waals surface area contributed by atoms with Gasteiger partial charge in [0.1, 0.15) is 11.8 Å². The molecule has 0 amide bonds. The van der Waals surface area contributed by atoms with Crippen molar-refractivity contribution in [1.29, 1.82) is 0 Å². The molecule has 94 valence electrons. The summed E-state index contributed by atoms with van der Waals surface area (Å²) in [5, 5.41) is 0. The Morgan fingerprint density at radius 3 is 3.00 bits per heavy atom. The van der Waals surface area contributed by atoms with Gasteiger partial charge in [-0.2, -0.15) is 0 Å². The summed E-state index contributed by atoms with van der Waals surface area (Å²) >= 11 is 3.37. The van der Waals surface area contributed by atoms with Crippen LogP contribution in [0, 0.1) is 0 Å². The highest BCUT2D eigenvalue weighted by atomic mass is 79.9. The van der Waals surface area contributed by atoms with Gasteiger partial charge in [0.05, 0.1) is 6.54 Å². The summed E-state index contributed by atoms with van der Waals surface area (Å²) in [6.45, 7) is 0.596. The summed E-state index contributed by atoms with van der Waals surface area (Å²) < 4.78 is 6.70. The van der Waals surface area contributed by atoms with Gasteiger partial charge in [0.2, 0.25) is 5.90 Å². The summed E-state index contributed by atoms with van der Waals surface area (Å²) in [6, 6.07) is 1.92. The van der Waals surface area contributed by atoms with Crippen LogP contribution in [-0.2, 0) is 11.2 Å². The quantitative estimate of drug-likeness (QED) is 0.795. The molecular weight excluding hydrogens is 300 g/mol. The van der Waals surface area contributed by atoms with E-state index in [-0.39, 0.29) is 11.8 Å². The fraction of sp³-hybridized carbons (Fsp3) is 0.273. The van der Waals surface area contributed by atoms with Crippen LogP contribution in [0.15, 0.2) is 32.7 Å². The molecule has 1 atom stereocenters. The van der Waals surface area contributed by atoms with E-state index in [0.717, 1.165) is 15.9 Å². The van der Waals surface area contributed by atoms with Crippen LogP contribution in [0.25, 0.3) is 0 Å². The van der Waals surface area contributed by atoms with E-state index in [1.165, 1.54) is 0 Å². The summed E-state index contributed by atoms with van der Waals surface area (Å²) in [7, 11) is 0.